The molecule has 2 rings (SSSR count). The quantitative estimate of drug-likeness (QED) is 0.293. The molecule has 0 radical (unpaired) electrons. The molecule has 31 heavy (non-hydrogen) atoms. The van der Waals surface area contributed by atoms with E-state index in [1.165, 1.54) is 18.4 Å². The highest BCUT2D eigenvalue weighted by Crippen LogP contribution is 2.23. The SMILES string of the molecule is O=C([O-])CN(CC(=O)[O-])Cc1cc(-c2ccco2)cc(CN(CC(=O)[O-])CC(=O)[O-])n1. The summed E-state index contributed by atoms with van der Waals surface area (Å²) >= 11 is 0. The number of aliphatic carboxylic acids is 4. The van der Waals surface area contributed by atoms with Gasteiger partial charge in [0.1, 0.15) is 5.76 Å². The summed E-state index contributed by atoms with van der Waals surface area (Å²) < 4.78 is 5.33. The number of carbonyl (C=O) groups excluding carboxylic acids is 4. The van der Waals surface area contributed by atoms with Gasteiger partial charge in [-0.3, -0.25) is 14.8 Å². The van der Waals surface area contributed by atoms with Gasteiger partial charge in [-0.15, -0.1) is 0 Å². The summed E-state index contributed by atoms with van der Waals surface area (Å²) in [5, 5.41) is 43.7. The van der Waals surface area contributed by atoms with Gasteiger partial charge in [-0.2, -0.15) is 0 Å². The minimum atomic E-state index is -1.50. The van der Waals surface area contributed by atoms with Crippen molar-refractivity contribution < 1.29 is 44.0 Å². The molecule has 0 spiro atoms. The lowest BCUT2D eigenvalue weighted by Gasteiger charge is -2.25. The first-order valence-corrected chi connectivity index (χ1v) is 8.90. The van der Waals surface area contributed by atoms with E-state index in [2.05, 4.69) is 4.98 Å². The molecule has 2 aromatic rings. The highest BCUT2D eigenvalue weighted by atomic mass is 16.4. The first kappa shape index (κ1) is 23.5. The maximum atomic E-state index is 10.9. The first-order valence-electron chi connectivity index (χ1n) is 8.90. The van der Waals surface area contributed by atoms with E-state index >= 15 is 0 Å². The molecule has 2 heterocycles. The van der Waals surface area contributed by atoms with Crippen LogP contribution in [0, 0.1) is 0 Å². The Kier molecular flexibility index (Phi) is 8.23. The van der Waals surface area contributed by atoms with E-state index in [0.29, 0.717) is 11.3 Å². The number of pyridine rings is 1. The highest BCUT2D eigenvalue weighted by Gasteiger charge is 2.14. The van der Waals surface area contributed by atoms with E-state index in [0.717, 1.165) is 9.80 Å². The van der Waals surface area contributed by atoms with Crippen molar-refractivity contribution in [2.75, 3.05) is 26.2 Å². The molecular formula is C19H17N3O9-4. The van der Waals surface area contributed by atoms with Gasteiger partial charge in [0.05, 0.1) is 41.5 Å². The van der Waals surface area contributed by atoms with Crippen LogP contribution in [0.4, 0.5) is 0 Å². The number of furan rings is 1. The van der Waals surface area contributed by atoms with Crippen LogP contribution >= 0.6 is 0 Å². The van der Waals surface area contributed by atoms with Crippen molar-refractivity contribution >= 4 is 23.9 Å². The van der Waals surface area contributed by atoms with Crippen LogP contribution in [0.15, 0.2) is 34.9 Å². The molecule has 0 unspecified atom stereocenters. The number of carboxylic acids is 4. The molecule has 2 aromatic heterocycles. The number of aromatic nitrogens is 1. The molecule has 0 saturated heterocycles. The van der Waals surface area contributed by atoms with Crippen molar-refractivity contribution in [3.8, 4) is 11.3 Å². The third kappa shape index (κ3) is 8.24. The summed E-state index contributed by atoms with van der Waals surface area (Å²) in [5.41, 5.74) is 0.940. The average molecular weight is 431 g/mol. The molecule has 166 valence electrons. The third-order valence-electron chi connectivity index (χ3n) is 3.92. The molecule has 0 atom stereocenters. The van der Waals surface area contributed by atoms with E-state index in [1.54, 1.807) is 12.1 Å². The number of hydrogen-bond acceptors (Lipinski definition) is 12. The van der Waals surface area contributed by atoms with Crippen LogP contribution in [0.5, 0.6) is 0 Å². The number of nitrogens with zero attached hydrogens (tertiary/aromatic N) is 3. The highest BCUT2D eigenvalue weighted by molar-refractivity contribution is 5.71. The molecule has 0 aliphatic carbocycles. The monoisotopic (exact) mass is 431 g/mol. The second-order valence-corrected chi connectivity index (χ2v) is 6.59. The number of carboxylic acid groups (broad SMARTS) is 4. The topological polar surface area (TPSA) is 193 Å². The van der Waals surface area contributed by atoms with E-state index in [1.807, 2.05) is 0 Å². The standard InChI is InChI=1S/C19H21N3O9/c23-16(24)8-21(9-17(25)26)6-13-4-12(15-2-1-3-31-15)5-14(20-13)7-22(10-18(27)28)11-19(29)30/h1-5H,6-11H2,(H,23,24)(H,25,26)(H,27,28)(H,29,30)/p-4. The largest absolute Gasteiger partial charge is 0.549 e. The van der Waals surface area contributed by atoms with Gasteiger partial charge in [-0.05, 0) is 24.3 Å². The minimum Gasteiger partial charge on any atom is -0.549 e. The Bertz CT molecular complexity index is 855. The smallest absolute Gasteiger partial charge is 0.133 e. The van der Waals surface area contributed by atoms with E-state index in [9.17, 15) is 39.6 Å². The fourth-order valence-corrected chi connectivity index (χ4v) is 2.92. The van der Waals surface area contributed by atoms with Gasteiger partial charge in [-0.1, -0.05) is 0 Å². The lowest BCUT2D eigenvalue weighted by molar-refractivity contribution is -0.313. The third-order valence-corrected chi connectivity index (χ3v) is 3.92. The fraction of sp³-hybridized carbons (Fsp3) is 0.316. The maximum absolute atomic E-state index is 10.9. The molecule has 0 aliphatic rings. The summed E-state index contributed by atoms with van der Waals surface area (Å²) in [6.45, 7) is -3.22. The Hall–Kier alpha value is -3.77. The van der Waals surface area contributed by atoms with Crippen LogP contribution in [0.2, 0.25) is 0 Å². The lowest BCUT2D eigenvalue weighted by Crippen LogP contribution is -2.44. The van der Waals surface area contributed by atoms with Crippen LogP contribution in [0.1, 0.15) is 11.4 Å². The van der Waals surface area contributed by atoms with Crippen LogP contribution in [0.3, 0.4) is 0 Å². The molecule has 0 aromatic carbocycles. The zero-order chi connectivity index (χ0) is 23.0. The Morgan fingerprint density at radius 2 is 1.19 bits per heavy atom. The molecule has 0 saturated carbocycles. The summed E-state index contributed by atoms with van der Waals surface area (Å²) in [6.07, 6.45) is 1.41. The Morgan fingerprint density at radius 3 is 1.52 bits per heavy atom. The van der Waals surface area contributed by atoms with Gasteiger partial charge in [0.2, 0.25) is 0 Å². The van der Waals surface area contributed by atoms with E-state index in [-0.39, 0.29) is 24.5 Å². The maximum Gasteiger partial charge on any atom is 0.133 e. The fourth-order valence-electron chi connectivity index (χ4n) is 2.92. The predicted molar refractivity (Wildman–Crippen MR) is 92.5 cm³/mol. The number of hydrogen-bond donors (Lipinski definition) is 0. The van der Waals surface area contributed by atoms with Crippen molar-refractivity contribution in [2.24, 2.45) is 0 Å². The van der Waals surface area contributed by atoms with Crippen molar-refractivity contribution in [3.63, 3.8) is 0 Å². The van der Waals surface area contributed by atoms with Crippen LogP contribution in [0.25, 0.3) is 11.3 Å². The lowest BCUT2D eigenvalue weighted by atomic mass is 10.1. The normalized spacial score (nSPS) is 11.0. The van der Waals surface area contributed by atoms with E-state index in [4.69, 9.17) is 4.42 Å². The van der Waals surface area contributed by atoms with Gasteiger partial charge in [0.25, 0.3) is 0 Å². The van der Waals surface area contributed by atoms with Gasteiger partial charge < -0.3 is 44.0 Å². The summed E-state index contributed by atoms with van der Waals surface area (Å²) in [7, 11) is 0. The first-order chi connectivity index (χ1) is 14.6. The van der Waals surface area contributed by atoms with Crippen molar-refractivity contribution in [1.82, 2.24) is 14.8 Å². The average Bonchev–Trinajstić information content (AvgIpc) is 3.13. The minimum absolute atomic E-state index is 0.218. The summed E-state index contributed by atoms with van der Waals surface area (Å²) in [5.74, 6) is -5.60. The van der Waals surface area contributed by atoms with Crippen molar-refractivity contribution in [3.05, 3.63) is 41.9 Å². The van der Waals surface area contributed by atoms with Crippen LogP contribution in [-0.2, 0) is 32.3 Å². The molecule has 0 fully saturated rings. The molecule has 0 bridgehead atoms. The molecule has 12 heteroatoms. The second-order valence-electron chi connectivity index (χ2n) is 6.59. The Labute approximate surface area is 175 Å². The molecule has 0 amide bonds. The zero-order valence-electron chi connectivity index (χ0n) is 16.1. The number of carbonyl (C=O) groups is 4. The van der Waals surface area contributed by atoms with E-state index < -0.39 is 50.1 Å². The predicted octanol–water partition coefficient (Wildman–Crippen LogP) is -5.05. The van der Waals surface area contributed by atoms with Gasteiger partial charge in [-0.25, -0.2) is 0 Å². The van der Waals surface area contributed by atoms with Crippen LogP contribution in [-0.4, -0.2) is 64.8 Å². The Morgan fingerprint density at radius 1 is 0.774 bits per heavy atom. The zero-order valence-corrected chi connectivity index (χ0v) is 16.1. The molecular weight excluding hydrogens is 414 g/mol. The molecule has 12 nitrogen and oxygen atoms in total. The summed E-state index contributed by atoms with van der Waals surface area (Å²) in [4.78, 5) is 50.0. The molecule has 0 aliphatic heterocycles. The van der Waals surface area contributed by atoms with Gasteiger partial charge >= 0.3 is 0 Å². The van der Waals surface area contributed by atoms with Crippen molar-refractivity contribution in [1.29, 1.82) is 0 Å². The van der Waals surface area contributed by atoms with Gasteiger partial charge in [0.15, 0.2) is 0 Å². The molecule has 0 N–H and O–H groups in total. The number of rotatable bonds is 13. The Balaban J connectivity index is 2.37. The summed E-state index contributed by atoms with van der Waals surface area (Å²) in [6, 6.07) is 6.30. The van der Waals surface area contributed by atoms with Gasteiger partial charge in [0, 0.05) is 44.8 Å². The van der Waals surface area contributed by atoms with Crippen LogP contribution < -0.4 is 20.4 Å². The second kappa shape index (κ2) is 10.8. The van der Waals surface area contributed by atoms with Crippen molar-refractivity contribution in [2.45, 2.75) is 13.1 Å².